The van der Waals surface area contributed by atoms with Crippen molar-refractivity contribution in [1.82, 2.24) is 20.2 Å². The highest BCUT2D eigenvalue weighted by Crippen LogP contribution is 2.22. The van der Waals surface area contributed by atoms with Crippen molar-refractivity contribution in [3.8, 4) is 5.82 Å². The molecular weight excluding hydrogens is 296 g/mol. The number of carbonyl (C=O) groups excluding carboxylic acids is 1. The number of hydrogen-bond acceptors (Lipinski definition) is 3. The van der Waals surface area contributed by atoms with E-state index in [4.69, 9.17) is 12.2 Å². The Bertz CT molecular complexity index is 802. The summed E-state index contributed by atoms with van der Waals surface area (Å²) in [4.78, 5) is 16.2. The van der Waals surface area contributed by atoms with E-state index in [1.807, 2.05) is 51.2 Å². The molecule has 3 rings (SSSR count). The molecule has 22 heavy (non-hydrogen) atoms. The van der Waals surface area contributed by atoms with E-state index >= 15 is 0 Å². The Balaban J connectivity index is 2.04. The molecule has 0 saturated carbocycles. The van der Waals surface area contributed by atoms with Crippen LogP contribution >= 0.6 is 12.2 Å². The fourth-order valence-corrected chi connectivity index (χ4v) is 2.72. The highest BCUT2D eigenvalue weighted by Gasteiger charge is 2.21. The Kier molecular flexibility index (Phi) is 3.54. The molecule has 0 aliphatic carbocycles. The smallest absolute Gasteiger partial charge is 0.273 e. The van der Waals surface area contributed by atoms with Crippen LogP contribution in [0.3, 0.4) is 0 Å². The van der Waals surface area contributed by atoms with Crippen molar-refractivity contribution in [2.45, 2.75) is 20.8 Å². The Morgan fingerprint density at radius 1 is 1.23 bits per heavy atom. The number of aromatic nitrogens is 2. The molecule has 2 aromatic heterocycles. The lowest BCUT2D eigenvalue weighted by atomic mass is 10.2. The third-order valence-corrected chi connectivity index (χ3v) is 3.82. The van der Waals surface area contributed by atoms with Gasteiger partial charge in [-0.3, -0.25) is 10.1 Å². The number of thiocarbonyl (C=S) groups is 1. The van der Waals surface area contributed by atoms with Gasteiger partial charge in [0, 0.05) is 17.6 Å². The first-order valence-electron chi connectivity index (χ1n) is 6.91. The number of hydrogen-bond donors (Lipinski definition) is 2. The van der Waals surface area contributed by atoms with E-state index in [1.165, 1.54) is 0 Å². The van der Waals surface area contributed by atoms with Gasteiger partial charge >= 0.3 is 0 Å². The molecule has 1 aliphatic heterocycles. The quantitative estimate of drug-likeness (QED) is 0.659. The van der Waals surface area contributed by atoms with Crippen LogP contribution in [0.2, 0.25) is 0 Å². The molecule has 0 spiro atoms. The number of nitrogens with zero attached hydrogens (tertiary/aromatic N) is 2. The average Bonchev–Trinajstić information content (AvgIpc) is 2.92. The summed E-state index contributed by atoms with van der Waals surface area (Å²) in [5, 5.41) is 5.76. The normalized spacial score (nSPS) is 16.0. The summed E-state index contributed by atoms with van der Waals surface area (Å²) in [6.45, 7) is 6.03. The maximum Gasteiger partial charge on any atom is 0.273 e. The summed E-state index contributed by atoms with van der Waals surface area (Å²) >= 11 is 4.94. The van der Waals surface area contributed by atoms with Crippen LogP contribution in [-0.4, -0.2) is 20.6 Å². The molecule has 0 unspecified atom stereocenters. The molecular formula is C16H16N4OS. The number of aryl methyl sites for hydroxylation is 2. The van der Waals surface area contributed by atoms with Gasteiger partial charge in [-0.1, -0.05) is 6.07 Å². The van der Waals surface area contributed by atoms with Crippen LogP contribution in [0, 0.1) is 20.8 Å². The molecule has 0 bridgehead atoms. The summed E-state index contributed by atoms with van der Waals surface area (Å²) < 4.78 is 2.07. The Hall–Kier alpha value is -2.47. The third kappa shape index (κ3) is 2.53. The largest absolute Gasteiger partial charge is 0.328 e. The molecule has 2 N–H and O–H groups in total. The summed E-state index contributed by atoms with van der Waals surface area (Å²) in [5.41, 5.74) is 4.62. The zero-order valence-electron chi connectivity index (χ0n) is 12.6. The number of rotatable bonds is 2. The minimum Gasteiger partial charge on any atom is -0.328 e. The van der Waals surface area contributed by atoms with Crippen molar-refractivity contribution >= 4 is 29.3 Å². The second kappa shape index (κ2) is 5.38. The standard InChI is InChI=1S/C16H16N4OS/c1-9-4-5-14(17-8-9)20-10(2)6-12(11(20)3)7-13-15(21)19-16(22)18-13/h4-8H,1-3H3,(H2,18,19,21,22). The summed E-state index contributed by atoms with van der Waals surface area (Å²) in [6.07, 6.45) is 3.65. The Morgan fingerprint density at radius 2 is 2.00 bits per heavy atom. The van der Waals surface area contributed by atoms with Crippen LogP contribution in [0.5, 0.6) is 0 Å². The second-order valence-corrected chi connectivity index (χ2v) is 5.73. The Morgan fingerprint density at radius 3 is 2.59 bits per heavy atom. The van der Waals surface area contributed by atoms with Gasteiger partial charge in [0.05, 0.1) is 0 Å². The first-order chi connectivity index (χ1) is 10.5. The van der Waals surface area contributed by atoms with Gasteiger partial charge in [0.25, 0.3) is 5.91 Å². The first kappa shape index (κ1) is 14.5. The minimum absolute atomic E-state index is 0.205. The molecule has 1 amide bonds. The zero-order valence-corrected chi connectivity index (χ0v) is 13.4. The van der Waals surface area contributed by atoms with Gasteiger partial charge in [-0.25, -0.2) is 4.98 Å². The van der Waals surface area contributed by atoms with E-state index in [1.54, 1.807) is 0 Å². The monoisotopic (exact) mass is 312 g/mol. The van der Waals surface area contributed by atoms with E-state index in [-0.39, 0.29) is 5.91 Å². The number of amides is 1. The lowest BCUT2D eigenvalue weighted by molar-refractivity contribution is -0.115. The van der Waals surface area contributed by atoms with Crippen LogP contribution < -0.4 is 10.6 Å². The maximum absolute atomic E-state index is 11.8. The van der Waals surface area contributed by atoms with Crippen molar-refractivity contribution < 1.29 is 4.79 Å². The Labute approximate surface area is 134 Å². The summed E-state index contributed by atoms with van der Waals surface area (Å²) in [6, 6.07) is 6.05. The summed E-state index contributed by atoms with van der Waals surface area (Å²) in [5.74, 6) is 0.660. The van der Waals surface area contributed by atoms with Gasteiger partial charge in [-0.2, -0.15) is 0 Å². The van der Waals surface area contributed by atoms with Crippen molar-refractivity contribution in [3.63, 3.8) is 0 Å². The average molecular weight is 312 g/mol. The molecule has 1 saturated heterocycles. The fourth-order valence-electron chi connectivity index (χ4n) is 2.52. The lowest BCUT2D eigenvalue weighted by Crippen LogP contribution is -2.21. The molecule has 1 aliphatic rings. The molecule has 0 atom stereocenters. The number of nitrogens with one attached hydrogen (secondary N) is 2. The van der Waals surface area contributed by atoms with E-state index in [0.717, 1.165) is 28.3 Å². The molecule has 3 heterocycles. The topological polar surface area (TPSA) is 59.0 Å². The molecule has 2 aromatic rings. The van der Waals surface area contributed by atoms with Crippen molar-refractivity contribution in [2.24, 2.45) is 0 Å². The van der Waals surface area contributed by atoms with Gasteiger partial charge in [-0.15, -0.1) is 0 Å². The van der Waals surface area contributed by atoms with Crippen LogP contribution in [0.1, 0.15) is 22.5 Å². The van der Waals surface area contributed by atoms with Crippen molar-refractivity contribution in [1.29, 1.82) is 0 Å². The number of pyridine rings is 1. The molecule has 5 nitrogen and oxygen atoms in total. The van der Waals surface area contributed by atoms with Crippen molar-refractivity contribution in [3.05, 3.63) is 52.6 Å². The predicted molar refractivity (Wildman–Crippen MR) is 89.6 cm³/mol. The lowest BCUT2D eigenvalue weighted by Gasteiger charge is -2.08. The molecule has 0 aromatic carbocycles. The van der Waals surface area contributed by atoms with Gasteiger partial charge in [0.1, 0.15) is 11.5 Å². The van der Waals surface area contributed by atoms with Gasteiger partial charge < -0.3 is 9.88 Å². The van der Waals surface area contributed by atoms with E-state index in [9.17, 15) is 4.79 Å². The van der Waals surface area contributed by atoms with Crippen LogP contribution in [0.15, 0.2) is 30.1 Å². The van der Waals surface area contributed by atoms with Gasteiger partial charge in [0.15, 0.2) is 5.11 Å². The second-order valence-electron chi connectivity index (χ2n) is 5.32. The van der Waals surface area contributed by atoms with Crippen molar-refractivity contribution in [2.75, 3.05) is 0 Å². The minimum atomic E-state index is -0.205. The molecule has 0 radical (unpaired) electrons. The molecule has 112 valence electrons. The van der Waals surface area contributed by atoms with Gasteiger partial charge in [-0.05, 0) is 62.3 Å². The van der Waals surface area contributed by atoms with E-state index in [0.29, 0.717) is 10.8 Å². The summed E-state index contributed by atoms with van der Waals surface area (Å²) in [7, 11) is 0. The molecule has 6 heteroatoms. The SMILES string of the molecule is Cc1ccc(-n2c(C)cc(C=C3NC(=S)NC3=O)c2C)nc1. The van der Waals surface area contributed by atoms with Crippen LogP contribution in [0.25, 0.3) is 11.9 Å². The number of carbonyl (C=O) groups is 1. The van der Waals surface area contributed by atoms with Gasteiger partial charge in [0.2, 0.25) is 0 Å². The zero-order chi connectivity index (χ0) is 15.9. The molecule has 1 fully saturated rings. The predicted octanol–water partition coefficient (Wildman–Crippen LogP) is 2.14. The highest BCUT2D eigenvalue weighted by molar-refractivity contribution is 7.80. The first-order valence-corrected chi connectivity index (χ1v) is 7.32. The third-order valence-electron chi connectivity index (χ3n) is 3.61. The van der Waals surface area contributed by atoms with E-state index < -0.39 is 0 Å². The highest BCUT2D eigenvalue weighted by atomic mass is 32.1. The van der Waals surface area contributed by atoms with Crippen LogP contribution in [-0.2, 0) is 4.79 Å². The van der Waals surface area contributed by atoms with Crippen LogP contribution in [0.4, 0.5) is 0 Å². The maximum atomic E-state index is 11.8. The van der Waals surface area contributed by atoms with E-state index in [2.05, 4.69) is 20.2 Å². The fraction of sp³-hybridized carbons (Fsp3) is 0.188.